The van der Waals surface area contributed by atoms with E-state index in [9.17, 15) is 27.2 Å². The maximum absolute atomic E-state index is 13.3. The summed E-state index contributed by atoms with van der Waals surface area (Å²) in [4.78, 5) is 37.8. The van der Waals surface area contributed by atoms with Gasteiger partial charge in [0.15, 0.2) is 0 Å². The minimum Gasteiger partial charge on any atom is -0.377 e. The molecule has 6 aliphatic rings. The Morgan fingerprint density at radius 2 is 0.962 bits per heavy atom. The van der Waals surface area contributed by atoms with Crippen molar-refractivity contribution in [3.63, 3.8) is 0 Å². The lowest BCUT2D eigenvalue weighted by Gasteiger charge is -2.34. The second-order valence-corrected chi connectivity index (χ2v) is 16.3. The summed E-state index contributed by atoms with van der Waals surface area (Å²) in [6.45, 7) is 15.5. The minimum atomic E-state index is -2.57. The van der Waals surface area contributed by atoms with E-state index in [-0.39, 0.29) is 50.1 Å². The molecule has 0 radical (unpaired) electrons. The molecule has 2 aromatic heterocycles. The van der Waals surface area contributed by atoms with E-state index in [1.165, 1.54) is 0 Å². The summed E-state index contributed by atoms with van der Waals surface area (Å²) in [5.74, 6) is -3.37. The molecule has 2 saturated heterocycles. The van der Waals surface area contributed by atoms with Gasteiger partial charge in [-0.25, -0.2) is 27.5 Å². The Kier molecular flexibility index (Phi) is 9.28. The smallest absolute Gasteiger partial charge is 0.256 e. The van der Waals surface area contributed by atoms with Crippen LogP contribution in [0.5, 0.6) is 0 Å². The number of nitrogens with one attached hydrogen (secondary N) is 2. The summed E-state index contributed by atoms with van der Waals surface area (Å²) < 4.78 is 64.8. The molecule has 0 unspecified atom stereocenters. The number of fused-ring (bicyclic) bond motifs is 2. The van der Waals surface area contributed by atoms with E-state index < -0.39 is 22.7 Å². The number of amides is 2. The number of carbonyl (C=O) groups excluding carboxylic acids is 2. The number of aromatic nitrogens is 2. The number of anilines is 2. The van der Waals surface area contributed by atoms with Gasteiger partial charge in [0.05, 0.1) is 71.9 Å². The SMILES string of the molecule is Cc1c(N2CCC(OC[C@@]3(C)CC3(F)F)CC2)nc2c(c1C)C(=O)NC2.Cc1c(N2CCC(OC[C@]3(C)CC3(F)F)CC2)nc2c(c1C)C(=O)NC2. The van der Waals surface area contributed by atoms with Gasteiger partial charge in [-0.1, -0.05) is 13.8 Å². The van der Waals surface area contributed by atoms with Crippen molar-refractivity contribution in [2.75, 3.05) is 49.2 Å². The molecule has 4 fully saturated rings. The number of pyridine rings is 2. The van der Waals surface area contributed by atoms with E-state index in [1.807, 2.05) is 27.7 Å². The zero-order chi connectivity index (χ0) is 37.4. The van der Waals surface area contributed by atoms with Gasteiger partial charge in [0, 0.05) is 39.0 Å². The monoisotopic (exact) mass is 730 g/mol. The molecule has 2 aromatic rings. The first kappa shape index (κ1) is 36.8. The molecule has 0 aromatic carbocycles. The van der Waals surface area contributed by atoms with Gasteiger partial charge >= 0.3 is 0 Å². The second kappa shape index (κ2) is 13.1. The third-order valence-corrected chi connectivity index (χ3v) is 12.4. The lowest BCUT2D eigenvalue weighted by atomic mass is 10.0. The molecule has 14 heteroatoms. The van der Waals surface area contributed by atoms with E-state index in [0.29, 0.717) is 24.2 Å². The number of piperidine rings is 2. The fourth-order valence-electron chi connectivity index (χ4n) is 7.93. The zero-order valence-electron chi connectivity index (χ0n) is 31.0. The van der Waals surface area contributed by atoms with Crippen LogP contribution in [0.25, 0.3) is 0 Å². The van der Waals surface area contributed by atoms with E-state index in [0.717, 1.165) is 97.1 Å². The van der Waals surface area contributed by atoms with E-state index >= 15 is 0 Å². The minimum absolute atomic E-state index is 0.0264. The van der Waals surface area contributed by atoms with E-state index in [4.69, 9.17) is 19.4 Å². The molecule has 10 nitrogen and oxygen atoms in total. The lowest BCUT2D eigenvalue weighted by Crippen LogP contribution is -2.39. The molecule has 0 spiro atoms. The Labute approximate surface area is 302 Å². The summed E-state index contributed by atoms with van der Waals surface area (Å²) in [6, 6.07) is 0. The number of hydrogen-bond acceptors (Lipinski definition) is 8. The van der Waals surface area contributed by atoms with Crippen molar-refractivity contribution in [3.8, 4) is 0 Å². The van der Waals surface area contributed by atoms with Crippen molar-refractivity contribution < 1.29 is 36.6 Å². The molecule has 0 bridgehead atoms. The van der Waals surface area contributed by atoms with Gasteiger partial charge in [-0.15, -0.1) is 0 Å². The maximum atomic E-state index is 13.3. The van der Waals surface area contributed by atoms with Crippen LogP contribution in [-0.2, 0) is 22.6 Å². The lowest BCUT2D eigenvalue weighted by molar-refractivity contribution is -0.0248. The number of halogens is 4. The summed E-state index contributed by atoms with van der Waals surface area (Å²) in [5, 5.41) is 5.66. The van der Waals surface area contributed by atoms with Gasteiger partial charge in [0.2, 0.25) is 0 Å². The van der Waals surface area contributed by atoms with Crippen LogP contribution in [0, 0.1) is 38.5 Å². The zero-order valence-corrected chi connectivity index (χ0v) is 31.0. The number of ether oxygens (including phenoxy) is 2. The summed E-state index contributed by atoms with van der Waals surface area (Å²) in [7, 11) is 0. The molecule has 6 heterocycles. The fraction of sp³-hybridized carbons (Fsp3) is 0.684. The van der Waals surface area contributed by atoms with Crippen molar-refractivity contribution in [1.82, 2.24) is 20.6 Å². The number of hydrogen-bond donors (Lipinski definition) is 2. The molecule has 2 saturated carbocycles. The van der Waals surface area contributed by atoms with Gasteiger partial charge in [0.1, 0.15) is 11.6 Å². The number of rotatable bonds is 8. The molecule has 284 valence electrons. The Hall–Kier alpha value is -3.52. The van der Waals surface area contributed by atoms with Crippen molar-refractivity contribution in [2.24, 2.45) is 10.8 Å². The molecule has 2 aliphatic carbocycles. The molecular formula is C38H50F4N6O4. The molecule has 2 N–H and O–H groups in total. The molecule has 52 heavy (non-hydrogen) atoms. The van der Waals surface area contributed by atoms with Crippen LogP contribution in [0.2, 0.25) is 0 Å². The highest BCUT2D eigenvalue weighted by Crippen LogP contribution is 2.61. The van der Waals surface area contributed by atoms with Crippen LogP contribution >= 0.6 is 0 Å². The van der Waals surface area contributed by atoms with Crippen LogP contribution < -0.4 is 20.4 Å². The van der Waals surface area contributed by atoms with Gasteiger partial charge in [-0.05, 0) is 75.6 Å². The summed E-state index contributed by atoms with van der Waals surface area (Å²) in [6.07, 6.45) is 3.13. The molecular weight excluding hydrogens is 680 g/mol. The number of nitrogens with zero attached hydrogens (tertiary/aromatic N) is 4. The van der Waals surface area contributed by atoms with Crippen molar-refractivity contribution in [3.05, 3.63) is 44.8 Å². The first-order valence-corrected chi connectivity index (χ1v) is 18.5. The first-order valence-electron chi connectivity index (χ1n) is 18.5. The molecule has 2 amide bonds. The quantitative estimate of drug-likeness (QED) is 0.322. The average Bonchev–Trinajstić information content (AvgIpc) is 3.56. The number of alkyl halides is 4. The Morgan fingerprint density at radius 1 is 0.635 bits per heavy atom. The third kappa shape index (κ3) is 6.62. The average molecular weight is 731 g/mol. The highest BCUT2D eigenvalue weighted by molar-refractivity contribution is 6.00. The largest absolute Gasteiger partial charge is 0.377 e. The Balaban J connectivity index is 0.000000162. The summed E-state index contributed by atoms with van der Waals surface area (Å²) in [5.41, 5.74) is 5.15. The van der Waals surface area contributed by atoms with Gasteiger partial charge in [-0.2, -0.15) is 0 Å². The third-order valence-electron chi connectivity index (χ3n) is 12.4. The van der Waals surface area contributed by atoms with Crippen molar-refractivity contribution >= 4 is 23.5 Å². The van der Waals surface area contributed by atoms with Gasteiger partial charge in [-0.3, -0.25) is 9.59 Å². The van der Waals surface area contributed by atoms with Crippen LogP contribution in [0.15, 0.2) is 0 Å². The van der Waals surface area contributed by atoms with Gasteiger partial charge < -0.3 is 29.9 Å². The van der Waals surface area contributed by atoms with Crippen LogP contribution in [0.3, 0.4) is 0 Å². The van der Waals surface area contributed by atoms with Crippen LogP contribution in [0.1, 0.15) is 107 Å². The van der Waals surface area contributed by atoms with Crippen LogP contribution in [-0.4, -0.2) is 85.2 Å². The molecule has 2 atom stereocenters. The second-order valence-electron chi connectivity index (χ2n) is 16.3. The van der Waals surface area contributed by atoms with Crippen molar-refractivity contribution in [1.29, 1.82) is 0 Å². The first-order chi connectivity index (χ1) is 24.4. The normalized spacial score (nSPS) is 27.4. The van der Waals surface area contributed by atoms with Crippen LogP contribution in [0.4, 0.5) is 29.2 Å². The summed E-state index contributed by atoms with van der Waals surface area (Å²) >= 11 is 0. The highest BCUT2D eigenvalue weighted by Gasteiger charge is 2.68. The van der Waals surface area contributed by atoms with E-state index in [1.54, 1.807) is 13.8 Å². The Morgan fingerprint density at radius 3 is 1.27 bits per heavy atom. The van der Waals surface area contributed by atoms with E-state index in [2.05, 4.69) is 20.4 Å². The predicted molar refractivity (Wildman–Crippen MR) is 187 cm³/mol. The fourth-order valence-corrected chi connectivity index (χ4v) is 7.93. The number of carbonyl (C=O) groups is 2. The molecule has 4 aliphatic heterocycles. The highest BCUT2D eigenvalue weighted by atomic mass is 19.3. The van der Waals surface area contributed by atoms with Gasteiger partial charge in [0.25, 0.3) is 23.7 Å². The predicted octanol–water partition coefficient (Wildman–Crippen LogP) is 5.95. The molecule has 8 rings (SSSR count). The maximum Gasteiger partial charge on any atom is 0.256 e. The Bertz CT molecular complexity index is 1650. The topological polar surface area (TPSA) is 109 Å². The van der Waals surface area contributed by atoms with Crippen molar-refractivity contribution in [2.45, 2.75) is 117 Å². The standard InChI is InChI=1S/2C19H25F2N3O2/c2*1-11-12(2)16(23-14-8-22-17(25)15(11)14)24-6-4-13(5-7-24)26-10-18(3)9-19(18,20)21/h2*13H,4-10H2,1-3H3,(H,22,25)/t2*18-/m10/s1.